The maximum Gasteiger partial charge on any atom is 0.234 e. The number of anilines is 2. The van der Waals surface area contributed by atoms with Crippen LogP contribution in [0.5, 0.6) is 0 Å². The second kappa shape index (κ2) is 11.2. The third-order valence-corrected chi connectivity index (χ3v) is 5.96. The highest BCUT2D eigenvalue weighted by Gasteiger charge is 2.17. The van der Waals surface area contributed by atoms with Crippen molar-refractivity contribution in [3.63, 3.8) is 0 Å². The molecular formula is C23H26ClN5O2S. The van der Waals surface area contributed by atoms with Crippen LogP contribution < -0.4 is 10.6 Å². The van der Waals surface area contributed by atoms with E-state index < -0.39 is 0 Å². The van der Waals surface area contributed by atoms with Gasteiger partial charge in [0.2, 0.25) is 11.8 Å². The van der Waals surface area contributed by atoms with E-state index in [1.807, 2.05) is 35.8 Å². The van der Waals surface area contributed by atoms with Crippen LogP contribution in [0.15, 0.2) is 53.7 Å². The molecule has 0 spiro atoms. The summed E-state index contributed by atoms with van der Waals surface area (Å²) in [7, 11) is 0. The first-order chi connectivity index (χ1) is 15.4. The van der Waals surface area contributed by atoms with Gasteiger partial charge in [-0.2, -0.15) is 0 Å². The molecule has 0 atom stereocenters. The molecule has 0 saturated heterocycles. The third kappa shape index (κ3) is 6.34. The van der Waals surface area contributed by atoms with E-state index in [0.717, 1.165) is 11.3 Å². The number of carbonyl (C=O) groups is 2. The van der Waals surface area contributed by atoms with Gasteiger partial charge in [-0.15, -0.1) is 10.2 Å². The molecule has 32 heavy (non-hydrogen) atoms. The number of rotatable bonds is 9. The lowest BCUT2D eigenvalue weighted by atomic mass is 10.0. The van der Waals surface area contributed by atoms with Crippen molar-refractivity contribution < 1.29 is 9.59 Å². The molecule has 0 radical (unpaired) electrons. The van der Waals surface area contributed by atoms with Crippen LogP contribution in [0.3, 0.4) is 0 Å². The summed E-state index contributed by atoms with van der Waals surface area (Å²) in [4.78, 5) is 24.9. The van der Waals surface area contributed by atoms with E-state index in [0.29, 0.717) is 34.2 Å². The summed E-state index contributed by atoms with van der Waals surface area (Å²) < 4.78 is 1.85. The number of nitrogens with zero attached hydrogens (tertiary/aromatic N) is 3. The average Bonchev–Trinajstić information content (AvgIpc) is 3.15. The van der Waals surface area contributed by atoms with Crippen LogP contribution in [0.2, 0.25) is 5.02 Å². The van der Waals surface area contributed by atoms with Gasteiger partial charge < -0.3 is 15.2 Å². The molecule has 1 heterocycles. The Balaban J connectivity index is 1.59. The van der Waals surface area contributed by atoms with Crippen molar-refractivity contribution in [2.24, 2.45) is 0 Å². The van der Waals surface area contributed by atoms with E-state index in [2.05, 4.69) is 34.7 Å². The van der Waals surface area contributed by atoms with Gasteiger partial charge in [0.15, 0.2) is 5.16 Å². The molecule has 7 nitrogen and oxygen atoms in total. The standard InChI is InChI=1S/C23H26ClN5O2S/c1-4-29-20(13-21(30)25-17-11-9-16(24)10-12-17)27-28-23(29)32-14-22(31)26-19-8-6-5-7-18(19)15(2)3/h5-12,15H,4,13-14H2,1-3H3,(H,25,30)(H,26,31). The Morgan fingerprint density at radius 1 is 1.03 bits per heavy atom. The zero-order chi connectivity index (χ0) is 23.1. The van der Waals surface area contributed by atoms with E-state index in [1.165, 1.54) is 11.8 Å². The molecule has 0 aliphatic carbocycles. The lowest BCUT2D eigenvalue weighted by molar-refractivity contribution is -0.116. The molecule has 0 aliphatic heterocycles. The number of halogens is 1. The molecule has 2 aromatic carbocycles. The summed E-state index contributed by atoms with van der Waals surface area (Å²) in [5.74, 6) is 0.738. The summed E-state index contributed by atoms with van der Waals surface area (Å²) in [6.45, 7) is 6.73. The maximum absolute atomic E-state index is 12.5. The zero-order valence-electron chi connectivity index (χ0n) is 18.3. The Bertz CT molecular complexity index is 1080. The van der Waals surface area contributed by atoms with E-state index in [4.69, 9.17) is 11.6 Å². The van der Waals surface area contributed by atoms with Gasteiger partial charge in [-0.25, -0.2) is 0 Å². The van der Waals surface area contributed by atoms with Crippen molar-refractivity contribution in [2.75, 3.05) is 16.4 Å². The first-order valence-corrected chi connectivity index (χ1v) is 11.7. The molecular weight excluding hydrogens is 446 g/mol. The van der Waals surface area contributed by atoms with Gasteiger partial charge in [0.1, 0.15) is 5.82 Å². The Morgan fingerprint density at radius 3 is 2.44 bits per heavy atom. The number of amides is 2. The van der Waals surface area contributed by atoms with Crippen LogP contribution in [0.4, 0.5) is 11.4 Å². The molecule has 3 aromatic rings. The predicted molar refractivity (Wildman–Crippen MR) is 129 cm³/mol. The normalized spacial score (nSPS) is 10.9. The molecule has 1 aromatic heterocycles. The molecule has 2 amide bonds. The number of carbonyl (C=O) groups excluding carboxylic acids is 2. The fourth-order valence-corrected chi connectivity index (χ4v) is 4.13. The summed E-state index contributed by atoms with van der Waals surface area (Å²) in [6, 6.07) is 14.7. The minimum Gasteiger partial charge on any atom is -0.326 e. The summed E-state index contributed by atoms with van der Waals surface area (Å²) in [6.07, 6.45) is 0.0813. The first kappa shape index (κ1) is 23.8. The Labute approximate surface area is 197 Å². The number of thioether (sulfide) groups is 1. The van der Waals surface area contributed by atoms with Gasteiger partial charge >= 0.3 is 0 Å². The van der Waals surface area contributed by atoms with Crippen LogP contribution in [0, 0.1) is 0 Å². The minimum absolute atomic E-state index is 0.0813. The monoisotopic (exact) mass is 471 g/mol. The molecule has 0 bridgehead atoms. The molecule has 0 unspecified atom stereocenters. The molecule has 3 rings (SSSR count). The summed E-state index contributed by atoms with van der Waals surface area (Å²) in [5, 5.41) is 15.4. The van der Waals surface area contributed by atoms with Crippen LogP contribution >= 0.6 is 23.4 Å². The molecule has 168 valence electrons. The van der Waals surface area contributed by atoms with Gasteiger partial charge in [-0.05, 0) is 48.7 Å². The smallest absolute Gasteiger partial charge is 0.234 e. The van der Waals surface area contributed by atoms with E-state index >= 15 is 0 Å². The van der Waals surface area contributed by atoms with Crippen molar-refractivity contribution in [3.8, 4) is 0 Å². The zero-order valence-corrected chi connectivity index (χ0v) is 19.8. The van der Waals surface area contributed by atoms with Crippen molar-refractivity contribution in [1.82, 2.24) is 14.8 Å². The van der Waals surface area contributed by atoms with Crippen LogP contribution in [-0.4, -0.2) is 32.3 Å². The molecule has 2 N–H and O–H groups in total. The Morgan fingerprint density at radius 2 is 1.75 bits per heavy atom. The molecule has 0 aliphatic rings. The topological polar surface area (TPSA) is 88.9 Å². The SMILES string of the molecule is CCn1c(CC(=O)Nc2ccc(Cl)cc2)nnc1SCC(=O)Nc1ccccc1C(C)C. The predicted octanol–water partition coefficient (Wildman–Crippen LogP) is 4.99. The van der Waals surface area contributed by atoms with Crippen molar-refractivity contribution >= 4 is 46.6 Å². The fourth-order valence-electron chi connectivity index (χ4n) is 3.19. The van der Waals surface area contributed by atoms with Gasteiger partial charge in [0.25, 0.3) is 0 Å². The van der Waals surface area contributed by atoms with Gasteiger partial charge in [-0.1, -0.05) is 55.4 Å². The molecule has 9 heteroatoms. The summed E-state index contributed by atoms with van der Waals surface area (Å²) in [5.41, 5.74) is 2.58. The molecule has 0 fully saturated rings. The van der Waals surface area contributed by atoms with Gasteiger partial charge in [0.05, 0.1) is 12.2 Å². The molecule has 0 saturated carbocycles. The second-order valence-corrected chi connectivity index (χ2v) is 8.83. The highest BCUT2D eigenvalue weighted by atomic mass is 35.5. The van der Waals surface area contributed by atoms with Crippen molar-refractivity contribution in [2.45, 2.75) is 44.8 Å². The van der Waals surface area contributed by atoms with Crippen LogP contribution in [-0.2, 0) is 22.6 Å². The number of hydrogen-bond donors (Lipinski definition) is 2. The number of aromatic nitrogens is 3. The lowest BCUT2D eigenvalue weighted by Crippen LogP contribution is -2.18. The highest BCUT2D eigenvalue weighted by molar-refractivity contribution is 7.99. The Hall–Kier alpha value is -2.84. The average molecular weight is 472 g/mol. The van der Waals surface area contributed by atoms with Crippen molar-refractivity contribution in [3.05, 3.63) is 64.9 Å². The van der Waals surface area contributed by atoms with E-state index in [-0.39, 0.29) is 24.0 Å². The number of para-hydroxylation sites is 1. The lowest BCUT2D eigenvalue weighted by Gasteiger charge is -2.13. The van der Waals surface area contributed by atoms with Gasteiger partial charge in [-0.3, -0.25) is 9.59 Å². The largest absolute Gasteiger partial charge is 0.326 e. The van der Waals surface area contributed by atoms with Crippen LogP contribution in [0.25, 0.3) is 0 Å². The van der Waals surface area contributed by atoms with Crippen molar-refractivity contribution in [1.29, 1.82) is 0 Å². The Kier molecular flexibility index (Phi) is 8.30. The van der Waals surface area contributed by atoms with E-state index in [9.17, 15) is 9.59 Å². The minimum atomic E-state index is -0.200. The second-order valence-electron chi connectivity index (χ2n) is 7.45. The van der Waals surface area contributed by atoms with E-state index in [1.54, 1.807) is 24.3 Å². The first-order valence-electron chi connectivity index (χ1n) is 10.4. The van der Waals surface area contributed by atoms with Crippen LogP contribution in [0.1, 0.15) is 38.1 Å². The number of benzene rings is 2. The highest BCUT2D eigenvalue weighted by Crippen LogP contribution is 2.24. The third-order valence-electron chi connectivity index (χ3n) is 4.75. The maximum atomic E-state index is 12.5. The fraction of sp³-hybridized carbons (Fsp3) is 0.304. The van der Waals surface area contributed by atoms with Gasteiger partial charge in [0, 0.05) is 22.9 Å². The summed E-state index contributed by atoms with van der Waals surface area (Å²) >= 11 is 7.17. The quantitative estimate of drug-likeness (QED) is 0.429. The number of hydrogen-bond acceptors (Lipinski definition) is 5. The number of nitrogens with one attached hydrogen (secondary N) is 2.